The van der Waals surface area contributed by atoms with Crippen molar-refractivity contribution < 1.29 is 14.3 Å². The molecule has 0 bridgehead atoms. The first-order chi connectivity index (χ1) is 13.8. The Hall–Kier alpha value is -2.38. The summed E-state index contributed by atoms with van der Waals surface area (Å²) in [5, 5.41) is 2.88. The molecule has 1 saturated heterocycles. The molecule has 0 spiro atoms. The van der Waals surface area contributed by atoms with Gasteiger partial charge in [-0.25, -0.2) is 9.69 Å². The summed E-state index contributed by atoms with van der Waals surface area (Å²) in [7, 11) is 3.53. The zero-order valence-electron chi connectivity index (χ0n) is 16.9. The topological polar surface area (TPSA) is 61.9 Å². The molecule has 2 aromatic carbocycles. The van der Waals surface area contributed by atoms with Gasteiger partial charge in [-0.2, -0.15) is 0 Å². The van der Waals surface area contributed by atoms with Crippen LogP contribution in [0.15, 0.2) is 53.0 Å². The smallest absolute Gasteiger partial charge is 0.326 e. The predicted molar refractivity (Wildman–Crippen MR) is 116 cm³/mol. The van der Waals surface area contributed by atoms with Crippen LogP contribution >= 0.6 is 15.9 Å². The summed E-state index contributed by atoms with van der Waals surface area (Å²) in [6.45, 7) is 2.69. The standard InChI is InChI=1S/C22H26BrN3O3/c1-22(13-12-16-6-10-19(29-3)11-7-16)20(27)26(21(28)24-22)15-25(2)14-17-4-8-18(23)9-5-17/h4-11H,12-15H2,1-3H3,(H,24,28). The van der Waals surface area contributed by atoms with E-state index in [4.69, 9.17) is 4.74 Å². The van der Waals surface area contributed by atoms with Crippen molar-refractivity contribution in [1.29, 1.82) is 0 Å². The zero-order valence-corrected chi connectivity index (χ0v) is 18.5. The van der Waals surface area contributed by atoms with Crippen LogP contribution in [0.2, 0.25) is 0 Å². The number of carbonyl (C=O) groups is 2. The molecular weight excluding hydrogens is 434 g/mol. The Morgan fingerprint density at radius 2 is 1.69 bits per heavy atom. The lowest BCUT2D eigenvalue weighted by Gasteiger charge is -2.24. The molecule has 1 heterocycles. The quantitative estimate of drug-likeness (QED) is 0.609. The van der Waals surface area contributed by atoms with Gasteiger partial charge in [-0.05, 0) is 62.2 Å². The number of hydrogen-bond acceptors (Lipinski definition) is 4. The minimum atomic E-state index is -0.893. The molecule has 3 rings (SSSR count). The molecule has 1 N–H and O–H groups in total. The highest BCUT2D eigenvalue weighted by atomic mass is 79.9. The van der Waals surface area contributed by atoms with Crippen LogP contribution in [0.5, 0.6) is 5.75 Å². The molecule has 0 aromatic heterocycles. The first kappa shape index (κ1) is 21.3. The molecular formula is C22H26BrN3O3. The van der Waals surface area contributed by atoms with Crippen molar-refractivity contribution in [2.45, 2.75) is 31.8 Å². The van der Waals surface area contributed by atoms with Gasteiger partial charge in [0.05, 0.1) is 13.8 Å². The summed E-state index contributed by atoms with van der Waals surface area (Å²) in [6.07, 6.45) is 1.23. The van der Waals surface area contributed by atoms with Gasteiger partial charge < -0.3 is 10.1 Å². The molecule has 29 heavy (non-hydrogen) atoms. The number of amides is 3. The molecule has 6 nitrogen and oxygen atoms in total. The highest BCUT2D eigenvalue weighted by molar-refractivity contribution is 9.10. The van der Waals surface area contributed by atoms with Crippen molar-refractivity contribution in [2.75, 3.05) is 20.8 Å². The third-order valence-corrected chi connectivity index (χ3v) is 5.70. The summed E-state index contributed by atoms with van der Waals surface area (Å²) in [4.78, 5) is 28.7. The molecule has 3 amide bonds. The Morgan fingerprint density at radius 1 is 1.07 bits per heavy atom. The zero-order chi connectivity index (χ0) is 21.0. The average molecular weight is 460 g/mol. The molecule has 1 aliphatic heterocycles. The van der Waals surface area contributed by atoms with Crippen LogP contribution in [0.25, 0.3) is 0 Å². The van der Waals surface area contributed by atoms with Gasteiger partial charge in [-0.1, -0.05) is 40.2 Å². The number of ether oxygens (including phenoxy) is 1. The maximum absolute atomic E-state index is 13.0. The SMILES string of the molecule is COc1ccc(CCC2(C)NC(=O)N(CN(C)Cc3ccc(Br)cc3)C2=O)cc1. The van der Waals surface area contributed by atoms with Gasteiger partial charge in [0.15, 0.2) is 0 Å². The average Bonchev–Trinajstić information content (AvgIpc) is 2.92. The number of methoxy groups -OCH3 is 1. The Bertz CT molecular complexity index is 870. The number of benzene rings is 2. The molecule has 0 saturated carbocycles. The van der Waals surface area contributed by atoms with Crippen LogP contribution in [0.3, 0.4) is 0 Å². The summed E-state index contributed by atoms with van der Waals surface area (Å²) >= 11 is 3.42. The van der Waals surface area contributed by atoms with E-state index in [-0.39, 0.29) is 18.6 Å². The van der Waals surface area contributed by atoms with E-state index >= 15 is 0 Å². The lowest BCUT2D eigenvalue weighted by molar-refractivity contribution is -0.132. The largest absolute Gasteiger partial charge is 0.497 e. The number of hydrogen-bond donors (Lipinski definition) is 1. The molecule has 1 atom stereocenters. The lowest BCUT2D eigenvalue weighted by atomic mass is 9.93. The maximum atomic E-state index is 13.0. The molecule has 2 aromatic rings. The van der Waals surface area contributed by atoms with Crippen molar-refractivity contribution in [3.05, 3.63) is 64.1 Å². The summed E-state index contributed by atoms with van der Waals surface area (Å²) in [6, 6.07) is 15.4. The number of aryl methyl sites for hydroxylation is 1. The van der Waals surface area contributed by atoms with Gasteiger partial charge in [0.1, 0.15) is 11.3 Å². The fourth-order valence-corrected chi connectivity index (χ4v) is 3.69. The van der Waals surface area contributed by atoms with E-state index in [9.17, 15) is 9.59 Å². The first-order valence-electron chi connectivity index (χ1n) is 9.51. The van der Waals surface area contributed by atoms with E-state index < -0.39 is 5.54 Å². The van der Waals surface area contributed by atoms with Gasteiger partial charge in [0.2, 0.25) is 0 Å². The van der Waals surface area contributed by atoms with Crippen LogP contribution in [-0.2, 0) is 17.8 Å². The van der Waals surface area contributed by atoms with Gasteiger partial charge in [-0.15, -0.1) is 0 Å². The number of urea groups is 1. The van der Waals surface area contributed by atoms with Crippen LogP contribution in [0.1, 0.15) is 24.5 Å². The summed E-state index contributed by atoms with van der Waals surface area (Å²) in [5.41, 5.74) is 1.32. The number of nitrogens with one attached hydrogen (secondary N) is 1. The second-order valence-electron chi connectivity index (χ2n) is 7.63. The molecule has 7 heteroatoms. The van der Waals surface area contributed by atoms with Crippen molar-refractivity contribution >= 4 is 27.9 Å². The Balaban J connectivity index is 1.59. The Labute approximate surface area is 180 Å². The molecule has 154 valence electrons. The summed E-state index contributed by atoms with van der Waals surface area (Å²) < 4.78 is 6.19. The second kappa shape index (κ2) is 8.97. The van der Waals surface area contributed by atoms with Crippen molar-refractivity contribution in [2.24, 2.45) is 0 Å². The van der Waals surface area contributed by atoms with Crippen LogP contribution in [-0.4, -0.2) is 48.1 Å². The van der Waals surface area contributed by atoms with Crippen LogP contribution < -0.4 is 10.1 Å². The number of rotatable bonds is 8. The van der Waals surface area contributed by atoms with Crippen LogP contribution in [0, 0.1) is 0 Å². The third kappa shape index (κ3) is 5.16. The van der Waals surface area contributed by atoms with Gasteiger partial charge in [0.25, 0.3) is 5.91 Å². The minimum Gasteiger partial charge on any atom is -0.497 e. The van der Waals surface area contributed by atoms with Crippen molar-refractivity contribution in [1.82, 2.24) is 15.1 Å². The van der Waals surface area contributed by atoms with E-state index in [2.05, 4.69) is 21.2 Å². The number of carbonyl (C=O) groups excluding carboxylic acids is 2. The van der Waals surface area contributed by atoms with E-state index in [1.165, 1.54) is 4.90 Å². The summed E-state index contributed by atoms with van der Waals surface area (Å²) in [5.74, 6) is 0.615. The van der Waals surface area contributed by atoms with E-state index in [1.807, 2.05) is 60.5 Å². The number of halogens is 1. The third-order valence-electron chi connectivity index (χ3n) is 5.17. The maximum Gasteiger partial charge on any atom is 0.326 e. The predicted octanol–water partition coefficient (Wildman–Crippen LogP) is 3.79. The lowest BCUT2D eigenvalue weighted by Crippen LogP contribution is -2.45. The highest BCUT2D eigenvalue weighted by Crippen LogP contribution is 2.24. The van der Waals surface area contributed by atoms with E-state index in [0.29, 0.717) is 19.4 Å². The molecule has 1 unspecified atom stereocenters. The fourth-order valence-electron chi connectivity index (χ4n) is 3.42. The molecule has 0 aliphatic carbocycles. The Kier molecular flexibility index (Phi) is 6.59. The first-order valence-corrected chi connectivity index (χ1v) is 10.3. The fraction of sp³-hybridized carbons (Fsp3) is 0.364. The van der Waals surface area contributed by atoms with Crippen molar-refractivity contribution in [3.63, 3.8) is 0 Å². The highest BCUT2D eigenvalue weighted by Gasteiger charge is 2.47. The Morgan fingerprint density at radius 3 is 2.31 bits per heavy atom. The second-order valence-corrected chi connectivity index (χ2v) is 8.54. The monoisotopic (exact) mass is 459 g/mol. The molecule has 1 fully saturated rings. The molecule has 0 radical (unpaired) electrons. The van der Waals surface area contributed by atoms with Crippen molar-refractivity contribution in [3.8, 4) is 5.75 Å². The number of imide groups is 1. The minimum absolute atomic E-state index is 0.182. The number of nitrogens with zero attached hydrogens (tertiary/aromatic N) is 2. The van der Waals surface area contributed by atoms with Gasteiger partial charge in [-0.3, -0.25) is 9.69 Å². The van der Waals surface area contributed by atoms with Crippen LogP contribution in [0.4, 0.5) is 4.79 Å². The van der Waals surface area contributed by atoms with Gasteiger partial charge >= 0.3 is 6.03 Å². The molecule has 1 aliphatic rings. The normalized spacial score (nSPS) is 19.0. The van der Waals surface area contributed by atoms with E-state index in [0.717, 1.165) is 21.3 Å². The van der Waals surface area contributed by atoms with Gasteiger partial charge in [0, 0.05) is 11.0 Å². The van der Waals surface area contributed by atoms with E-state index in [1.54, 1.807) is 14.0 Å².